The highest BCUT2D eigenvalue weighted by Gasteiger charge is 2.31. The van der Waals surface area contributed by atoms with Gasteiger partial charge in [0.2, 0.25) is 0 Å². The lowest BCUT2D eigenvalue weighted by atomic mass is 9.98. The molecule has 1 saturated heterocycles. The topological polar surface area (TPSA) is 81.6 Å². The first-order valence-electron chi connectivity index (χ1n) is 6.50. The number of nitro groups is 1. The second-order valence-electron chi connectivity index (χ2n) is 4.86. The zero-order valence-corrected chi connectivity index (χ0v) is 12.9. The van der Waals surface area contributed by atoms with Gasteiger partial charge in [0.1, 0.15) is 5.69 Å². The minimum atomic E-state index is -0.349. The molecule has 2 N–H and O–H groups in total. The van der Waals surface area contributed by atoms with Crippen molar-refractivity contribution in [3.8, 4) is 0 Å². The van der Waals surface area contributed by atoms with Crippen LogP contribution in [-0.2, 0) is 4.74 Å². The summed E-state index contributed by atoms with van der Waals surface area (Å²) in [5, 5.41) is 11.2. The van der Waals surface area contributed by atoms with Gasteiger partial charge in [-0.1, -0.05) is 15.9 Å². The van der Waals surface area contributed by atoms with E-state index in [-0.39, 0.29) is 22.8 Å². The van der Waals surface area contributed by atoms with Crippen LogP contribution in [0.3, 0.4) is 0 Å². The maximum absolute atomic E-state index is 11.2. The third kappa shape index (κ3) is 3.11. The summed E-state index contributed by atoms with van der Waals surface area (Å²) < 4.78 is 6.21. The number of methoxy groups -OCH3 is 1. The fourth-order valence-corrected chi connectivity index (χ4v) is 3.00. The van der Waals surface area contributed by atoms with Crippen molar-refractivity contribution in [3.63, 3.8) is 0 Å². The molecule has 2 unspecified atom stereocenters. The first-order valence-corrected chi connectivity index (χ1v) is 7.29. The molecule has 0 aliphatic carbocycles. The Hall–Kier alpha value is -1.18. The van der Waals surface area contributed by atoms with Crippen LogP contribution in [0.4, 0.5) is 11.4 Å². The van der Waals surface area contributed by atoms with E-state index in [4.69, 9.17) is 10.5 Å². The second kappa shape index (κ2) is 6.51. The molecule has 20 heavy (non-hydrogen) atoms. The molecule has 0 spiro atoms. The number of nitrogens with zero attached hydrogens (tertiary/aromatic N) is 2. The van der Waals surface area contributed by atoms with E-state index in [1.54, 1.807) is 19.2 Å². The van der Waals surface area contributed by atoms with Gasteiger partial charge in [-0.25, -0.2) is 0 Å². The van der Waals surface area contributed by atoms with Gasteiger partial charge in [0.05, 0.1) is 11.0 Å². The lowest BCUT2D eigenvalue weighted by Crippen LogP contribution is -2.48. The van der Waals surface area contributed by atoms with Crippen LogP contribution in [0, 0.1) is 10.1 Å². The maximum atomic E-state index is 11.2. The van der Waals surface area contributed by atoms with Crippen LogP contribution in [0.5, 0.6) is 0 Å². The number of nitro benzene ring substituents is 1. The van der Waals surface area contributed by atoms with Crippen LogP contribution < -0.4 is 10.6 Å². The zero-order chi connectivity index (χ0) is 14.7. The molecule has 0 saturated carbocycles. The smallest absolute Gasteiger partial charge is 0.292 e. The Bertz CT molecular complexity index is 498. The van der Waals surface area contributed by atoms with Crippen molar-refractivity contribution in [1.82, 2.24) is 0 Å². The van der Waals surface area contributed by atoms with Crippen LogP contribution in [0.2, 0.25) is 0 Å². The van der Waals surface area contributed by atoms with E-state index >= 15 is 0 Å². The van der Waals surface area contributed by atoms with Crippen molar-refractivity contribution in [1.29, 1.82) is 0 Å². The van der Waals surface area contributed by atoms with Crippen molar-refractivity contribution < 1.29 is 9.66 Å². The number of nitrogens with two attached hydrogens (primary N) is 1. The van der Waals surface area contributed by atoms with Gasteiger partial charge < -0.3 is 15.4 Å². The number of ether oxygens (including phenoxy) is 1. The summed E-state index contributed by atoms with van der Waals surface area (Å²) in [7, 11) is 1.69. The van der Waals surface area contributed by atoms with Gasteiger partial charge in [0.25, 0.3) is 5.69 Å². The van der Waals surface area contributed by atoms with E-state index in [2.05, 4.69) is 15.9 Å². The Kier molecular flexibility index (Phi) is 4.95. The molecule has 1 aliphatic heterocycles. The van der Waals surface area contributed by atoms with Gasteiger partial charge in [0, 0.05) is 36.8 Å². The predicted octanol–water partition coefficient (Wildman–Crippen LogP) is 2.30. The molecule has 6 nitrogen and oxygen atoms in total. The molecule has 0 amide bonds. The Morgan fingerprint density at radius 2 is 2.35 bits per heavy atom. The molecule has 0 bridgehead atoms. The van der Waals surface area contributed by atoms with Gasteiger partial charge in [0.15, 0.2) is 0 Å². The van der Waals surface area contributed by atoms with Crippen LogP contribution in [0.25, 0.3) is 0 Å². The normalized spacial score (nSPS) is 22.9. The fraction of sp³-hybridized carbons (Fsp3) is 0.538. The van der Waals surface area contributed by atoms with Crippen molar-refractivity contribution >= 4 is 27.3 Å². The highest BCUT2D eigenvalue weighted by molar-refractivity contribution is 9.10. The maximum Gasteiger partial charge on any atom is 0.292 e. The van der Waals surface area contributed by atoms with Crippen LogP contribution >= 0.6 is 15.9 Å². The van der Waals surface area contributed by atoms with Crippen molar-refractivity contribution in [3.05, 3.63) is 32.8 Å². The molecule has 1 aromatic carbocycles. The molecular weight excluding hydrogens is 326 g/mol. The van der Waals surface area contributed by atoms with Crippen LogP contribution in [0.15, 0.2) is 22.7 Å². The molecule has 1 fully saturated rings. The van der Waals surface area contributed by atoms with E-state index in [0.29, 0.717) is 18.8 Å². The van der Waals surface area contributed by atoms with Crippen LogP contribution in [-0.4, -0.2) is 37.3 Å². The quantitative estimate of drug-likeness (QED) is 0.670. The Labute approximate surface area is 126 Å². The van der Waals surface area contributed by atoms with Crippen molar-refractivity contribution in [2.75, 3.05) is 25.1 Å². The SMILES string of the molecule is COC1CCN(c2cc(Br)ccc2[N+](=O)[O-])C(CN)C1. The Morgan fingerprint density at radius 3 is 2.95 bits per heavy atom. The van der Waals surface area contributed by atoms with E-state index in [0.717, 1.165) is 17.3 Å². The minimum absolute atomic E-state index is 0.0571. The first kappa shape index (κ1) is 15.2. The third-order valence-corrected chi connectivity index (χ3v) is 4.21. The van der Waals surface area contributed by atoms with E-state index in [9.17, 15) is 10.1 Å². The van der Waals surface area contributed by atoms with Crippen LogP contribution in [0.1, 0.15) is 12.8 Å². The second-order valence-corrected chi connectivity index (χ2v) is 5.77. The molecule has 1 heterocycles. The highest BCUT2D eigenvalue weighted by Crippen LogP contribution is 2.35. The lowest BCUT2D eigenvalue weighted by molar-refractivity contribution is -0.384. The minimum Gasteiger partial charge on any atom is -0.381 e. The average molecular weight is 344 g/mol. The predicted molar refractivity (Wildman–Crippen MR) is 81.0 cm³/mol. The third-order valence-electron chi connectivity index (χ3n) is 3.72. The summed E-state index contributed by atoms with van der Waals surface area (Å²) in [5.41, 5.74) is 6.57. The number of halogens is 1. The number of benzene rings is 1. The summed E-state index contributed by atoms with van der Waals surface area (Å²) in [6, 6.07) is 5.05. The first-order chi connectivity index (χ1) is 9.56. The standard InChI is InChI=1S/C13H18BrN3O3/c1-20-11-4-5-16(10(7-11)8-15)13-6-9(14)2-3-12(13)17(18)19/h2-3,6,10-11H,4-5,7-8,15H2,1H3. The molecular formula is C13H18BrN3O3. The van der Waals surface area contributed by atoms with Gasteiger partial charge in [-0.05, 0) is 25.0 Å². The average Bonchev–Trinajstić information content (AvgIpc) is 2.46. The molecule has 2 atom stereocenters. The number of rotatable bonds is 4. The van der Waals surface area contributed by atoms with Crippen molar-refractivity contribution in [2.24, 2.45) is 5.73 Å². The van der Waals surface area contributed by atoms with Gasteiger partial charge in [-0.15, -0.1) is 0 Å². The Balaban J connectivity index is 2.34. The van der Waals surface area contributed by atoms with Gasteiger partial charge >= 0.3 is 0 Å². The molecule has 7 heteroatoms. The van der Waals surface area contributed by atoms with E-state index in [1.807, 2.05) is 4.90 Å². The summed E-state index contributed by atoms with van der Waals surface area (Å²) >= 11 is 3.37. The number of hydrogen-bond acceptors (Lipinski definition) is 5. The largest absolute Gasteiger partial charge is 0.381 e. The number of hydrogen-bond donors (Lipinski definition) is 1. The van der Waals surface area contributed by atoms with Gasteiger partial charge in [-0.2, -0.15) is 0 Å². The van der Waals surface area contributed by atoms with E-state index < -0.39 is 0 Å². The fourth-order valence-electron chi connectivity index (χ4n) is 2.65. The monoisotopic (exact) mass is 343 g/mol. The summed E-state index contributed by atoms with van der Waals surface area (Å²) in [4.78, 5) is 12.9. The molecule has 2 rings (SSSR count). The molecule has 110 valence electrons. The van der Waals surface area contributed by atoms with Crippen molar-refractivity contribution in [2.45, 2.75) is 25.0 Å². The highest BCUT2D eigenvalue weighted by atomic mass is 79.9. The summed E-state index contributed by atoms with van der Waals surface area (Å²) in [6.45, 7) is 1.15. The summed E-state index contributed by atoms with van der Waals surface area (Å²) in [5.74, 6) is 0. The van der Waals surface area contributed by atoms with Gasteiger partial charge in [-0.3, -0.25) is 10.1 Å². The van der Waals surface area contributed by atoms with E-state index in [1.165, 1.54) is 6.07 Å². The summed E-state index contributed by atoms with van der Waals surface area (Å²) in [6.07, 6.45) is 1.80. The molecule has 1 aliphatic rings. The molecule has 1 aromatic rings. The number of anilines is 1. The zero-order valence-electron chi connectivity index (χ0n) is 11.3. The number of piperidine rings is 1. The molecule has 0 aromatic heterocycles. The lowest BCUT2D eigenvalue weighted by Gasteiger charge is -2.39. The Morgan fingerprint density at radius 1 is 1.60 bits per heavy atom. The molecule has 0 radical (unpaired) electrons.